The first-order valence-corrected chi connectivity index (χ1v) is 6.97. The molecule has 2 rings (SSSR count). The monoisotopic (exact) mass is 272 g/mol. The molecule has 0 saturated heterocycles. The molecule has 1 unspecified atom stereocenters. The standard InChI is InChI=1S/C17H21FN2/c1-12(2)16(17-13(3)5-4-10-19-17)20-11-14-6-8-15(18)9-7-14/h4-10,12,16,20H,11H2,1-3H3. The Balaban J connectivity index is 2.11. The van der Waals surface area contributed by atoms with Crippen molar-refractivity contribution >= 4 is 0 Å². The number of nitrogens with one attached hydrogen (secondary N) is 1. The summed E-state index contributed by atoms with van der Waals surface area (Å²) in [6, 6.07) is 10.8. The first-order chi connectivity index (χ1) is 9.58. The Hall–Kier alpha value is -1.74. The fraction of sp³-hybridized carbons (Fsp3) is 0.353. The molecule has 1 aromatic carbocycles. The van der Waals surface area contributed by atoms with E-state index in [0.717, 1.165) is 11.3 Å². The van der Waals surface area contributed by atoms with Gasteiger partial charge >= 0.3 is 0 Å². The number of halogens is 1. The minimum Gasteiger partial charge on any atom is -0.304 e. The second kappa shape index (κ2) is 6.62. The van der Waals surface area contributed by atoms with Crippen LogP contribution in [0.5, 0.6) is 0 Å². The molecule has 2 nitrogen and oxygen atoms in total. The molecule has 20 heavy (non-hydrogen) atoms. The molecule has 0 spiro atoms. The highest BCUT2D eigenvalue weighted by Gasteiger charge is 2.18. The fourth-order valence-corrected chi connectivity index (χ4v) is 2.30. The maximum absolute atomic E-state index is 12.9. The summed E-state index contributed by atoms with van der Waals surface area (Å²) in [5.41, 5.74) is 3.35. The molecule has 0 aliphatic rings. The highest BCUT2D eigenvalue weighted by atomic mass is 19.1. The molecule has 2 aromatic rings. The molecular weight excluding hydrogens is 251 g/mol. The average Bonchev–Trinajstić information content (AvgIpc) is 2.42. The van der Waals surface area contributed by atoms with Crippen molar-refractivity contribution in [2.45, 2.75) is 33.4 Å². The van der Waals surface area contributed by atoms with E-state index in [4.69, 9.17) is 0 Å². The number of hydrogen-bond acceptors (Lipinski definition) is 2. The lowest BCUT2D eigenvalue weighted by Gasteiger charge is -2.23. The number of benzene rings is 1. The lowest BCUT2D eigenvalue weighted by Crippen LogP contribution is -2.27. The normalized spacial score (nSPS) is 12.7. The molecule has 106 valence electrons. The Bertz CT molecular complexity index is 549. The van der Waals surface area contributed by atoms with Crippen molar-refractivity contribution in [3.63, 3.8) is 0 Å². The third-order valence-electron chi connectivity index (χ3n) is 3.45. The maximum atomic E-state index is 12.9. The third-order valence-corrected chi connectivity index (χ3v) is 3.45. The van der Waals surface area contributed by atoms with Crippen LogP contribution in [0.25, 0.3) is 0 Å². The van der Waals surface area contributed by atoms with Crippen molar-refractivity contribution in [3.05, 3.63) is 65.2 Å². The van der Waals surface area contributed by atoms with Gasteiger partial charge in [0, 0.05) is 12.7 Å². The fourth-order valence-electron chi connectivity index (χ4n) is 2.30. The summed E-state index contributed by atoms with van der Waals surface area (Å²) in [7, 11) is 0. The first-order valence-electron chi connectivity index (χ1n) is 6.97. The van der Waals surface area contributed by atoms with Crippen LogP contribution in [0.1, 0.15) is 36.7 Å². The van der Waals surface area contributed by atoms with Gasteiger partial charge in [-0.2, -0.15) is 0 Å². The molecule has 3 heteroatoms. The second-order valence-corrected chi connectivity index (χ2v) is 5.43. The number of pyridine rings is 1. The van der Waals surface area contributed by atoms with Gasteiger partial charge in [0.1, 0.15) is 5.82 Å². The number of hydrogen-bond donors (Lipinski definition) is 1. The van der Waals surface area contributed by atoms with Gasteiger partial charge in [-0.3, -0.25) is 4.98 Å². The molecule has 0 saturated carbocycles. The molecule has 1 atom stereocenters. The van der Waals surface area contributed by atoms with Crippen molar-refractivity contribution in [1.29, 1.82) is 0 Å². The summed E-state index contributed by atoms with van der Waals surface area (Å²) in [5, 5.41) is 3.53. The minimum atomic E-state index is -0.199. The van der Waals surface area contributed by atoms with Gasteiger partial charge in [0.2, 0.25) is 0 Å². The predicted molar refractivity (Wildman–Crippen MR) is 79.8 cm³/mol. The number of aromatic nitrogens is 1. The van der Waals surface area contributed by atoms with Gasteiger partial charge in [-0.15, -0.1) is 0 Å². The lowest BCUT2D eigenvalue weighted by molar-refractivity contribution is 0.400. The average molecular weight is 272 g/mol. The van der Waals surface area contributed by atoms with E-state index < -0.39 is 0 Å². The van der Waals surface area contributed by atoms with Gasteiger partial charge in [0.15, 0.2) is 0 Å². The van der Waals surface area contributed by atoms with E-state index in [1.165, 1.54) is 17.7 Å². The van der Waals surface area contributed by atoms with E-state index in [9.17, 15) is 4.39 Å². The highest BCUT2D eigenvalue weighted by molar-refractivity contribution is 5.22. The van der Waals surface area contributed by atoms with Crippen molar-refractivity contribution in [2.75, 3.05) is 0 Å². The van der Waals surface area contributed by atoms with Crippen LogP contribution in [0.3, 0.4) is 0 Å². The van der Waals surface area contributed by atoms with Gasteiger partial charge in [0.05, 0.1) is 11.7 Å². The van der Waals surface area contributed by atoms with Crippen LogP contribution >= 0.6 is 0 Å². The quantitative estimate of drug-likeness (QED) is 0.889. The Morgan fingerprint density at radius 3 is 2.45 bits per heavy atom. The summed E-state index contributed by atoms with van der Waals surface area (Å²) in [5.74, 6) is 0.235. The van der Waals surface area contributed by atoms with Crippen LogP contribution in [0, 0.1) is 18.7 Å². The number of aryl methyl sites for hydroxylation is 1. The van der Waals surface area contributed by atoms with Gasteiger partial charge in [-0.1, -0.05) is 32.0 Å². The molecule has 1 N–H and O–H groups in total. The smallest absolute Gasteiger partial charge is 0.123 e. The van der Waals surface area contributed by atoms with Gasteiger partial charge < -0.3 is 5.32 Å². The third kappa shape index (κ3) is 3.64. The lowest BCUT2D eigenvalue weighted by atomic mass is 9.97. The van der Waals surface area contributed by atoms with Crippen molar-refractivity contribution in [3.8, 4) is 0 Å². The van der Waals surface area contributed by atoms with E-state index in [1.807, 2.05) is 24.4 Å². The summed E-state index contributed by atoms with van der Waals surface area (Å²) < 4.78 is 12.9. The minimum absolute atomic E-state index is 0.196. The van der Waals surface area contributed by atoms with E-state index in [2.05, 4.69) is 37.1 Å². The highest BCUT2D eigenvalue weighted by Crippen LogP contribution is 2.23. The Labute approximate surface area is 120 Å². The predicted octanol–water partition coefficient (Wildman–Crippen LogP) is 4.02. The van der Waals surface area contributed by atoms with Crippen molar-refractivity contribution < 1.29 is 4.39 Å². The van der Waals surface area contributed by atoms with Crippen molar-refractivity contribution in [1.82, 2.24) is 10.3 Å². The van der Waals surface area contributed by atoms with Gasteiger partial charge in [-0.25, -0.2) is 4.39 Å². The zero-order valence-corrected chi connectivity index (χ0v) is 12.2. The molecule has 1 aromatic heterocycles. The van der Waals surface area contributed by atoms with Crippen LogP contribution < -0.4 is 5.32 Å². The maximum Gasteiger partial charge on any atom is 0.123 e. The van der Waals surface area contributed by atoms with Crippen LogP contribution in [0.4, 0.5) is 4.39 Å². The van der Waals surface area contributed by atoms with Crippen LogP contribution in [-0.4, -0.2) is 4.98 Å². The Kier molecular flexibility index (Phi) is 4.85. The molecule has 0 aliphatic heterocycles. The largest absolute Gasteiger partial charge is 0.304 e. The molecule has 0 radical (unpaired) electrons. The summed E-state index contributed by atoms with van der Waals surface area (Å²) in [4.78, 5) is 4.50. The summed E-state index contributed by atoms with van der Waals surface area (Å²) >= 11 is 0. The zero-order chi connectivity index (χ0) is 14.5. The van der Waals surface area contributed by atoms with Crippen LogP contribution in [0.15, 0.2) is 42.6 Å². The summed E-state index contributed by atoms with van der Waals surface area (Å²) in [6.07, 6.45) is 1.83. The van der Waals surface area contributed by atoms with Gasteiger partial charge in [-0.05, 0) is 42.2 Å². The van der Waals surface area contributed by atoms with Gasteiger partial charge in [0.25, 0.3) is 0 Å². The SMILES string of the molecule is Cc1cccnc1C(NCc1ccc(F)cc1)C(C)C. The molecule has 0 bridgehead atoms. The molecule has 1 heterocycles. The Morgan fingerprint density at radius 1 is 1.15 bits per heavy atom. The van der Waals surface area contributed by atoms with Crippen molar-refractivity contribution in [2.24, 2.45) is 5.92 Å². The Morgan fingerprint density at radius 2 is 1.85 bits per heavy atom. The molecule has 0 aliphatic carbocycles. The van der Waals surface area contributed by atoms with E-state index in [1.54, 1.807) is 0 Å². The van der Waals surface area contributed by atoms with E-state index in [-0.39, 0.29) is 11.9 Å². The van der Waals surface area contributed by atoms with E-state index >= 15 is 0 Å². The molecular formula is C17H21FN2. The molecule has 0 fully saturated rings. The van der Waals surface area contributed by atoms with E-state index in [0.29, 0.717) is 12.5 Å². The number of nitrogens with zero attached hydrogens (tertiary/aromatic N) is 1. The number of rotatable bonds is 5. The second-order valence-electron chi connectivity index (χ2n) is 5.43. The zero-order valence-electron chi connectivity index (χ0n) is 12.2. The van der Waals surface area contributed by atoms with Crippen LogP contribution in [0.2, 0.25) is 0 Å². The van der Waals surface area contributed by atoms with Crippen LogP contribution in [-0.2, 0) is 6.54 Å². The molecule has 0 amide bonds. The topological polar surface area (TPSA) is 24.9 Å². The summed E-state index contributed by atoms with van der Waals surface area (Å²) in [6.45, 7) is 7.14. The first kappa shape index (κ1) is 14.7.